The largest absolute Gasteiger partial charge is 0.416 e. The van der Waals surface area contributed by atoms with E-state index in [4.69, 9.17) is 0 Å². The molecule has 4 heteroatoms. The van der Waals surface area contributed by atoms with Crippen LogP contribution in [-0.2, 0) is 19.1 Å². The summed E-state index contributed by atoms with van der Waals surface area (Å²) in [6.07, 6.45) is -2.25. The molecule has 0 saturated carbocycles. The molecule has 0 N–H and O–H groups in total. The molecule has 31 heavy (non-hydrogen) atoms. The molecule has 3 aromatic carbocycles. The minimum atomic E-state index is -4.30. The molecule has 1 aliphatic rings. The van der Waals surface area contributed by atoms with Crippen molar-refractivity contribution in [2.75, 3.05) is 13.6 Å². The summed E-state index contributed by atoms with van der Waals surface area (Å²) in [6.45, 7) is 4.23. The van der Waals surface area contributed by atoms with Crippen molar-refractivity contribution in [3.63, 3.8) is 0 Å². The number of alkyl halides is 3. The monoisotopic (exact) mass is 423 g/mol. The summed E-state index contributed by atoms with van der Waals surface area (Å²) >= 11 is 0. The van der Waals surface area contributed by atoms with E-state index < -0.39 is 11.7 Å². The molecule has 4 rings (SSSR count). The van der Waals surface area contributed by atoms with Crippen molar-refractivity contribution in [2.45, 2.75) is 38.4 Å². The molecule has 0 amide bonds. The number of rotatable bonds is 6. The zero-order chi connectivity index (χ0) is 22.0. The van der Waals surface area contributed by atoms with Crippen molar-refractivity contribution >= 4 is 0 Å². The lowest BCUT2D eigenvalue weighted by atomic mass is 9.90. The predicted octanol–water partition coefficient (Wildman–Crippen LogP) is 7.17. The Morgan fingerprint density at radius 3 is 2.29 bits per heavy atom. The van der Waals surface area contributed by atoms with E-state index in [-0.39, 0.29) is 0 Å². The number of benzene rings is 3. The fourth-order valence-electron chi connectivity index (χ4n) is 4.83. The van der Waals surface area contributed by atoms with Crippen LogP contribution in [0.4, 0.5) is 13.2 Å². The van der Waals surface area contributed by atoms with Gasteiger partial charge >= 0.3 is 6.18 Å². The number of hydrogen-bond donors (Lipinski definition) is 0. The lowest BCUT2D eigenvalue weighted by Crippen LogP contribution is -2.21. The van der Waals surface area contributed by atoms with Crippen molar-refractivity contribution in [2.24, 2.45) is 5.92 Å². The number of nitrogens with zero attached hydrogens (tertiary/aromatic N) is 1. The van der Waals surface area contributed by atoms with Crippen molar-refractivity contribution in [3.8, 4) is 11.1 Å². The molecule has 2 atom stereocenters. The van der Waals surface area contributed by atoms with Gasteiger partial charge < -0.3 is 4.90 Å². The first kappa shape index (κ1) is 21.6. The first-order valence-corrected chi connectivity index (χ1v) is 10.8. The van der Waals surface area contributed by atoms with Crippen molar-refractivity contribution in [3.05, 3.63) is 95.1 Å². The molecule has 0 fully saturated rings. The quantitative estimate of drug-likeness (QED) is 0.406. The molecule has 1 aliphatic carbocycles. The van der Waals surface area contributed by atoms with Gasteiger partial charge in [-0.2, -0.15) is 13.2 Å². The van der Waals surface area contributed by atoms with Gasteiger partial charge in [-0.15, -0.1) is 0 Å². The van der Waals surface area contributed by atoms with Crippen LogP contribution in [0.2, 0.25) is 0 Å². The van der Waals surface area contributed by atoms with Gasteiger partial charge in [-0.3, -0.25) is 0 Å². The van der Waals surface area contributed by atoms with Crippen LogP contribution in [0.1, 0.15) is 41.5 Å². The molecule has 0 heterocycles. The molecule has 0 saturated heterocycles. The molecular formula is C27H28F3N. The van der Waals surface area contributed by atoms with E-state index in [0.29, 0.717) is 11.8 Å². The third-order valence-electron chi connectivity index (χ3n) is 6.47. The molecule has 1 nitrogen and oxygen atoms in total. The van der Waals surface area contributed by atoms with E-state index in [1.165, 1.54) is 28.8 Å². The van der Waals surface area contributed by atoms with Gasteiger partial charge in [0.25, 0.3) is 0 Å². The fourth-order valence-corrected chi connectivity index (χ4v) is 4.83. The van der Waals surface area contributed by atoms with Crippen LogP contribution in [0.15, 0.2) is 72.8 Å². The van der Waals surface area contributed by atoms with E-state index in [9.17, 15) is 13.2 Å². The van der Waals surface area contributed by atoms with Crippen molar-refractivity contribution in [1.82, 2.24) is 4.90 Å². The van der Waals surface area contributed by atoms with Gasteiger partial charge in [0, 0.05) is 6.54 Å². The Labute approximate surface area is 182 Å². The Morgan fingerprint density at radius 2 is 1.61 bits per heavy atom. The van der Waals surface area contributed by atoms with Crippen LogP contribution in [0, 0.1) is 5.92 Å². The Kier molecular flexibility index (Phi) is 6.19. The first-order chi connectivity index (χ1) is 14.8. The van der Waals surface area contributed by atoms with E-state index >= 15 is 0 Å². The maximum Gasteiger partial charge on any atom is 0.416 e. The Balaban J connectivity index is 1.50. The zero-order valence-corrected chi connectivity index (χ0v) is 18.0. The molecule has 2 unspecified atom stereocenters. The Bertz CT molecular complexity index is 1010. The Hall–Kier alpha value is -2.59. The van der Waals surface area contributed by atoms with Gasteiger partial charge in [-0.05, 0) is 78.2 Å². The minimum absolute atomic E-state index is 0.475. The van der Waals surface area contributed by atoms with Gasteiger partial charge in [0.05, 0.1) is 5.56 Å². The summed E-state index contributed by atoms with van der Waals surface area (Å²) in [5.74, 6) is 0.998. The highest BCUT2D eigenvalue weighted by Gasteiger charge is 2.32. The number of fused-ring (bicyclic) bond motifs is 1. The van der Waals surface area contributed by atoms with E-state index in [1.54, 1.807) is 12.1 Å². The van der Waals surface area contributed by atoms with Crippen LogP contribution in [0.25, 0.3) is 11.1 Å². The summed E-state index contributed by atoms with van der Waals surface area (Å²) in [5.41, 5.74) is 5.30. The highest BCUT2D eigenvalue weighted by molar-refractivity contribution is 5.70. The average molecular weight is 424 g/mol. The molecular weight excluding hydrogens is 395 g/mol. The standard InChI is InChI=1S/C27H28F3N/c1-19-17-26-24(21-11-13-22(14-12-21)27(28,29)30)9-6-10-25(26)23(19)15-16-31(2)18-20-7-4-3-5-8-20/h3-14,19,23H,15-18H2,1-2H3. The first-order valence-electron chi connectivity index (χ1n) is 10.8. The van der Waals surface area contributed by atoms with Gasteiger partial charge in [0.2, 0.25) is 0 Å². The SMILES string of the molecule is CC1Cc2c(-c3ccc(C(F)(F)F)cc3)cccc2C1CCN(C)Cc1ccccc1. The second kappa shape index (κ2) is 8.88. The van der Waals surface area contributed by atoms with Gasteiger partial charge in [-0.25, -0.2) is 0 Å². The second-order valence-corrected chi connectivity index (χ2v) is 8.75. The maximum atomic E-state index is 12.9. The minimum Gasteiger partial charge on any atom is -0.302 e. The molecule has 0 radical (unpaired) electrons. The van der Waals surface area contributed by atoms with E-state index in [0.717, 1.165) is 37.1 Å². The predicted molar refractivity (Wildman–Crippen MR) is 120 cm³/mol. The fraction of sp³-hybridized carbons (Fsp3) is 0.333. The van der Waals surface area contributed by atoms with E-state index in [1.807, 2.05) is 18.2 Å². The third-order valence-corrected chi connectivity index (χ3v) is 6.47. The third kappa shape index (κ3) is 4.85. The Morgan fingerprint density at radius 1 is 0.903 bits per heavy atom. The van der Waals surface area contributed by atoms with Crippen LogP contribution >= 0.6 is 0 Å². The molecule has 0 spiro atoms. The molecule has 3 aromatic rings. The molecule has 0 aromatic heterocycles. The smallest absolute Gasteiger partial charge is 0.302 e. The molecule has 0 bridgehead atoms. The highest BCUT2D eigenvalue weighted by Crippen LogP contribution is 2.44. The van der Waals surface area contributed by atoms with Crippen LogP contribution in [-0.4, -0.2) is 18.5 Å². The van der Waals surface area contributed by atoms with Crippen molar-refractivity contribution in [1.29, 1.82) is 0 Å². The normalized spacial score (nSPS) is 18.4. The molecule has 0 aliphatic heterocycles. The zero-order valence-electron chi connectivity index (χ0n) is 18.0. The van der Waals surface area contributed by atoms with E-state index in [2.05, 4.69) is 49.2 Å². The van der Waals surface area contributed by atoms with Crippen LogP contribution < -0.4 is 0 Å². The average Bonchev–Trinajstić information content (AvgIpc) is 3.07. The number of hydrogen-bond acceptors (Lipinski definition) is 1. The van der Waals surface area contributed by atoms with Crippen LogP contribution in [0.3, 0.4) is 0 Å². The molecule has 162 valence electrons. The summed E-state index contributed by atoms with van der Waals surface area (Å²) in [4.78, 5) is 2.36. The lowest BCUT2D eigenvalue weighted by Gasteiger charge is -2.22. The maximum absolute atomic E-state index is 12.9. The number of halogens is 3. The summed E-state index contributed by atoms with van der Waals surface area (Å²) in [7, 11) is 2.16. The van der Waals surface area contributed by atoms with Gasteiger partial charge in [0.1, 0.15) is 0 Å². The summed E-state index contributed by atoms with van der Waals surface area (Å²) in [6, 6.07) is 22.3. The van der Waals surface area contributed by atoms with Crippen molar-refractivity contribution < 1.29 is 13.2 Å². The van der Waals surface area contributed by atoms with Gasteiger partial charge in [0.15, 0.2) is 0 Å². The topological polar surface area (TPSA) is 3.24 Å². The van der Waals surface area contributed by atoms with Crippen LogP contribution in [0.5, 0.6) is 0 Å². The second-order valence-electron chi connectivity index (χ2n) is 8.75. The lowest BCUT2D eigenvalue weighted by molar-refractivity contribution is -0.137. The van der Waals surface area contributed by atoms with Gasteiger partial charge in [-0.1, -0.05) is 67.6 Å². The summed E-state index contributed by atoms with van der Waals surface area (Å²) < 4.78 is 38.8. The summed E-state index contributed by atoms with van der Waals surface area (Å²) in [5, 5.41) is 0. The highest BCUT2D eigenvalue weighted by atomic mass is 19.4.